The zero-order valence-corrected chi connectivity index (χ0v) is 18.3. The standard InChI is InChI=1S/C24H24FN3O3S/c25-22-11-4-5-12-23(22)26-24(29)20-8-6-7-19(17-20)18-27-13-15-28(16-14-27)32(30,31)21-9-2-1-3-10-21/h1-12,17H,13-16,18H2,(H,26,29). The molecule has 32 heavy (non-hydrogen) atoms. The number of para-hydroxylation sites is 1. The van der Waals surface area contributed by atoms with Gasteiger partial charge >= 0.3 is 0 Å². The molecule has 1 heterocycles. The highest BCUT2D eigenvalue weighted by Crippen LogP contribution is 2.19. The molecule has 1 aliphatic rings. The molecule has 1 fully saturated rings. The molecular formula is C24H24FN3O3S. The van der Waals surface area contributed by atoms with Crippen LogP contribution in [0.25, 0.3) is 0 Å². The number of hydrogen-bond donors (Lipinski definition) is 1. The van der Waals surface area contributed by atoms with E-state index in [1.807, 2.05) is 6.07 Å². The van der Waals surface area contributed by atoms with Crippen molar-refractivity contribution >= 4 is 21.6 Å². The zero-order valence-electron chi connectivity index (χ0n) is 17.4. The molecule has 3 aromatic carbocycles. The summed E-state index contributed by atoms with van der Waals surface area (Å²) in [7, 11) is -3.49. The van der Waals surface area contributed by atoms with E-state index in [1.165, 1.54) is 16.4 Å². The predicted octanol–water partition coefficient (Wildman–Crippen LogP) is 3.58. The quantitative estimate of drug-likeness (QED) is 0.619. The molecule has 1 amide bonds. The Morgan fingerprint density at radius 3 is 2.28 bits per heavy atom. The van der Waals surface area contributed by atoms with Crippen molar-refractivity contribution in [2.75, 3.05) is 31.5 Å². The second-order valence-electron chi connectivity index (χ2n) is 7.63. The third-order valence-electron chi connectivity index (χ3n) is 5.43. The molecule has 166 valence electrons. The van der Waals surface area contributed by atoms with Crippen LogP contribution < -0.4 is 5.32 Å². The number of halogens is 1. The molecule has 4 rings (SSSR count). The molecule has 0 unspecified atom stereocenters. The topological polar surface area (TPSA) is 69.7 Å². The first-order valence-corrected chi connectivity index (χ1v) is 11.8. The fraction of sp³-hybridized carbons (Fsp3) is 0.208. The number of benzene rings is 3. The van der Waals surface area contributed by atoms with Crippen LogP contribution in [0, 0.1) is 5.82 Å². The largest absolute Gasteiger partial charge is 0.319 e. The third-order valence-corrected chi connectivity index (χ3v) is 7.34. The maximum absolute atomic E-state index is 13.8. The minimum Gasteiger partial charge on any atom is -0.319 e. The van der Waals surface area contributed by atoms with Crippen molar-refractivity contribution in [1.82, 2.24) is 9.21 Å². The van der Waals surface area contributed by atoms with Crippen molar-refractivity contribution in [2.45, 2.75) is 11.4 Å². The molecule has 0 bridgehead atoms. The number of nitrogens with one attached hydrogen (secondary N) is 1. The summed E-state index contributed by atoms with van der Waals surface area (Å²) in [5.74, 6) is -0.865. The Balaban J connectivity index is 1.37. The van der Waals surface area contributed by atoms with Crippen molar-refractivity contribution in [3.05, 3.63) is 95.8 Å². The van der Waals surface area contributed by atoms with Crippen LogP contribution in [0.15, 0.2) is 83.8 Å². The maximum Gasteiger partial charge on any atom is 0.255 e. The van der Waals surface area contributed by atoms with Gasteiger partial charge in [-0.1, -0.05) is 42.5 Å². The van der Waals surface area contributed by atoms with Crippen LogP contribution in [0.2, 0.25) is 0 Å². The Kier molecular flexibility index (Phi) is 6.64. The van der Waals surface area contributed by atoms with E-state index in [-0.39, 0.29) is 11.6 Å². The molecule has 3 aromatic rings. The highest BCUT2D eigenvalue weighted by Gasteiger charge is 2.28. The molecule has 0 aliphatic carbocycles. The van der Waals surface area contributed by atoms with Gasteiger partial charge in [0.15, 0.2) is 0 Å². The van der Waals surface area contributed by atoms with Crippen molar-refractivity contribution in [2.24, 2.45) is 0 Å². The first-order valence-electron chi connectivity index (χ1n) is 10.4. The van der Waals surface area contributed by atoms with Gasteiger partial charge in [-0.2, -0.15) is 4.31 Å². The number of hydrogen-bond acceptors (Lipinski definition) is 4. The van der Waals surface area contributed by atoms with Crippen molar-refractivity contribution in [1.29, 1.82) is 0 Å². The van der Waals surface area contributed by atoms with Crippen LogP contribution in [0.5, 0.6) is 0 Å². The SMILES string of the molecule is O=C(Nc1ccccc1F)c1cccc(CN2CCN(S(=O)(=O)c3ccccc3)CC2)c1. The van der Waals surface area contributed by atoms with Gasteiger partial charge in [-0.25, -0.2) is 12.8 Å². The Labute approximate surface area is 187 Å². The summed E-state index contributed by atoms with van der Waals surface area (Å²) in [6, 6.07) is 21.7. The van der Waals surface area contributed by atoms with Gasteiger partial charge in [0.2, 0.25) is 10.0 Å². The summed E-state index contributed by atoms with van der Waals surface area (Å²) < 4.78 is 40.9. The minimum absolute atomic E-state index is 0.138. The number of sulfonamides is 1. The van der Waals surface area contributed by atoms with Crippen LogP contribution in [0.3, 0.4) is 0 Å². The molecule has 6 nitrogen and oxygen atoms in total. The summed E-state index contributed by atoms with van der Waals surface area (Å²) in [5, 5.41) is 2.59. The van der Waals surface area contributed by atoms with E-state index in [0.29, 0.717) is 43.2 Å². The van der Waals surface area contributed by atoms with E-state index >= 15 is 0 Å². The summed E-state index contributed by atoms with van der Waals surface area (Å²) >= 11 is 0. The van der Waals surface area contributed by atoms with Crippen molar-refractivity contribution in [3.8, 4) is 0 Å². The normalized spacial score (nSPS) is 15.4. The van der Waals surface area contributed by atoms with E-state index in [9.17, 15) is 17.6 Å². The van der Waals surface area contributed by atoms with Gasteiger partial charge in [-0.3, -0.25) is 9.69 Å². The lowest BCUT2D eigenvalue weighted by molar-refractivity contribution is 0.102. The molecule has 0 spiro atoms. The monoisotopic (exact) mass is 453 g/mol. The number of amides is 1. The number of carbonyl (C=O) groups is 1. The molecule has 0 radical (unpaired) electrons. The van der Waals surface area contributed by atoms with E-state index in [0.717, 1.165) is 5.56 Å². The van der Waals surface area contributed by atoms with Gasteiger partial charge in [0.25, 0.3) is 5.91 Å². The molecule has 8 heteroatoms. The van der Waals surface area contributed by atoms with Gasteiger partial charge in [-0.15, -0.1) is 0 Å². The molecular weight excluding hydrogens is 429 g/mol. The molecule has 1 saturated heterocycles. The summed E-state index contributed by atoms with van der Waals surface area (Å²) in [4.78, 5) is 15.0. The van der Waals surface area contributed by atoms with E-state index in [4.69, 9.17) is 0 Å². The second kappa shape index (κ2) is 9.60. The van der Waals surface area contributed by atoms with Gasteiger partial charge in [-0.05, 0) is 42.0 Å². The molecule has 0 aromatic heterocycles. The van der Waals surface area contributed by atoms with E-state index in [2.05, 4.69) is 10.2 Å². The number of anilines is 1. The lowest BCUT2D eigenvalue weighted by Crippen LogP contribution is -2.48. The van der Waals surface area contributed by atoms with Crippen molar-refractivity contribution < 1.29 is 17.6 Å². The Morgan fingerprint density at radius 2 is 1.56 bits per heavy atom. The highest BCUT2D eigenvalue weighted by molar-refractivity contribution is 7.89. The molecule has 1 N–H and O–H groups in total. The van der Waals surface area contributed by atoms with Gasteiger partial charge in [0.05, 0.1) is 10.6 Å². The minimum atomic E-state index is -3.49. The highest BCUT2D eigenvalue weighted by atomic mass is 32.2. The van der Waals surface area contributed by atoms with E-state index in [1.54, 1.807) is 60.7 Å². The predicted molar refractivity (Wildman–Crippen MR) is 121 cm³/mol. The Bertz CT molecular complexity index is 1190. The number of nitrogens with zero attached hydrogens (tertiary/aromatic N) is 2. The van der Waals surface area contributed by atoms with E-state index < -0.39 is 15.8 Å². The van der Waals surface area contributed by atoms with Crippen LogP contribution in [0.4, 0.5) is 10.1 Å². The average Bonchev–Trinajstić information content (AvgIpc) is 2.82. The van der Waals surface area contributed by atoms with Crippen molar-refractivity contribution in [3.63, 3.8) is 0 Å². The maximum atomic E-state index is 13.8. The summed E-state index contributed by atoms with van der Waals surface area (Å²) in [6.07, 6.45) is 0. The third kappa shape index (κ3) is 5.04. The number of rotatable bonds is 6. The van der Waals surface area contributed by atoms with Crippen LogP contribution in [0.1, 0.15) is 15.9 Å². The number of carbonyl (C=O) groups excluding carboxylic acids is 1. The molecule has 0 atom stereocenters. The fourth-order valence-electron chi connectivity index (χ4n) is 3.70. The zero-order chi connectivity index (χ0) is 22.6. The lowest BCUT2D eigenvalue weighted by Gasteiger charge is -2.34. The summed E-state index contributed by atoms with van der Waals surface area (Å²) in [5.41, 5.74) is 1.51. The Morgan fingerprint density at radius 1 is 0.875 bits per heavy atom. The van der Waals surface area contributed by atoms with Crippen LogP contribution >= 0.6 is 0 Å². The second-order valence-corrected chi connectivity index (χ2v) is 9.57. The van der Waals surface area contributed by atoms with Gasteiger partial charge < -0.3 is 5.32 Å². The fourth-order valence-corrected chi connectivity index (χ4v) is 5.14. The average molecular weight is 454 g/mol. The first-order chi connectivity index (χ1) is 15.4. The van der Waals surface area contributed by atoms with Gasteiger partial charge in [0, 0.05) is 38.3 Å². The first kappa shape index (κ1) is 22.1. The number of piperazine rings is 1. The molecule has 0 saturated carbocycles. The van der Waals surface area contributed by atoms with Gasteiger partial charge in [0.1, 0.15) is 5.82 Å². The van der Waals surface area contributed by atoms with Crippen LogP contribution in [-0.4, -0.2) is 49.7 Å². The Hall–Kier alpha value is -3.07. The lowest BCUT2D eigenvalue weighted by atomic mass is 10.1. The smallest absolute Gasteiger partial charge is 0.255 e. The molecule has 1 aliphatic heterocycles. The summed E-state index contributed by atoms with van der Waals surface area (Å²) in [6.45, 7) is 2.60. The van der Waals surface area contributed by atoms with Crippen LogP contribution in [-0.2, 0) is 16.6 Å².